The van der Waals surface area contributed by atoms with Crippen LogP contribution in [0.2, 0.25) is 0 Å². The average molecular weight is 651 g/mol. The first-order valence-corrected chi connectivity index (χ1v) is 15.1. The van der Waals surface area contributed by atoms with E-state index in [1.807, 2.05) is 13.8 Å². The molecule has 14 heteroatoms. The fourth-order valence-corrected chi connectivity index (χ4v) is 5.79. The maximum absolute atomic E-state index is 12.5. The number of benzene rings is 1. The maximum Gasteiger partial charge on any atom is 0.330 e. The standard InChI is InChI=1S/C32H42O14/c1-17(2)12-25(36)46-30-26-22(10-11-32(26,40)16-44-18(3)33)20(13-42-30)14-43-31-29(39)28(38)27(37)23(45-31)15-41-24(35)9-6-19-4-7-21(34)8-5-19/h4-9,13,17,22-23,26-31,34,37-40H,10-12,14-16H2,1-3H3/t22-,23+,26-,27+,28+,29-,30-,31-,32+/m1/s1. The van der Waals surface area contributed by atoms with E-state index < -0.39 is 78.9 Å². The van der Waals surface area contributed by atoms with E-state index in [0.29, 0.717) is 17.6 Å². The zero-order valence-corrected chi connectivity index (χ0v) is 25.9. The maximum atomic E-state index is 12.5. The van der Waals surface area contributed by atoms with Crippen molar-refractivity contribution in [2.75, 3.05) is 19.8 Å². The fourth-order valence-electron chi connectivity index (χ4n) is 5.79. The van der Waals surface area contributed by atoms with Gasteiger partial charge in [0, 0.05) is 19.4 Å². The normalized spacial score (nSPS) is 32.4. The number of carbonyl (C=O) groups is 3. The van der Waals surface area contributed by atoms with E-state index in [1.165, 1.54) is 31.4 Å². The number of ether oxygens (including phenoxy) is 6. The van der Waals surface area contributed by atoms with Gasteiger partial charge in [-0.2, -0.15) is 0 Å². The van der Waals surface area contributed by atoms with Crippen LogP contribution in [0.3, 0.4) is 0 Å². The molecular formula is C32H42O14. The third kappa shape index (κ3) is 8.84. The summed E-state index contributed by atoms with van der Waals surface area (Å²) in [6.45, 7) is 3.93. The van der Waals surface area contributed by atoms with E-state index >= 15 is 0 Å². The highest BCUT2D eigenvalue weighted by Gasteiger charge is 2.57. The second-order valence-corrected chi connectivity index (χ2v) is 12.2. The molecule has 9 atom stereocenters. The van der Waals surface area contributed by atoms with E-state index in [4.69, 9.17) is 28.4 Å². The Kier molecular flexibility index (Phi) is 11.8. The van der Waals surface area contributed by atoms with Gasteiger partial charge in [-0.3, -0.25) is 9.59 Å². The van der Waals surface area contributed by atoms with Crippen LogP contribution in [0.25, 0.3) is 6.08 Å². The SMILES string of the molecule is CC(=O)OC[C@@]1(O)CC[C@@H]2C(CO[C@@H]3O[C@@H](COC(=O)C=Cc4ccc(O)cc4)[C@H](O)[C@H](O)[C@H]3O)=CO[C@H](OC(=O)CC(C)C)[C@@H]21. The van der Waals surface area contributed by atoms with Crippen molar-refractivity contribution in [1.82, 2.24) is 0 Å². The van der Waals surface area contributed by atoms with Crippen molar-refractivity contribution in [2.24, 2.45) is 17.8 Å². The van der Waals surface area contributed by atoms with Gasteiger partial charge < -0.3 is 54.0 Å². The Morgan fingerprint density at radius 1 is 1.04 bits per heavy atom. The summed E-state index contributed by atoms with van der Waals surface area (Å²) in [7, 11) is 0. The molecule has 4 rings (SSSR count). The van der Waals surface area contributed by atoms with Crippen LogP contribution in [0.15, 0.2) is 42.2 Å². The lowest BCUT2D eigenvalue weighted by Crippen LogP contribution is -2.59. The summed E-state index contributed by atoms with van der Waals surface area (Å²) in [5.74, 6) is -2.99. The lowest BCUT2D eigenvalue weighted by Gasteiger charge is -2.41. The Morgan fingerprint density at radius 2 is 1.76 bits per heavy atom. The molecule has 14 nitrogen and oxygen atoms in total. The third-order valence-corrected chi connectivity index (χ3v) is 8.19. The highest BCUT2D eigenvalue weighted by Crippen LogP contribution is 2.49. The molecule has 1 saturated heterocycles. The number of phenols is 1. The topological polar surface area (TPSA) is 208 Å². The molecule has 0 radical (unpaired) electrons. The summed E-state index contributed by atoms with van der Waals surface area (Å²) in [6, 6.07) is 6.09. The van der Waals surface area contributed by atoms with Crippen LogP contribution >= 0.6 is 0 Å². The first-order valence-electron chi connectivity index (χ1n) is 15.1. The lowest BCUT2D eigenvalue weighted by atomic mass is 9.81. The van der Waals surface area contributed by atoms with Crippen molar-refractivity contribution in [3.05, 3.63) is 47.7 Å². The van der Waals surface area contributed by atoms with Crippen molar-refractivity contribution in [2.45, 2.75) is 82.6 Å². The van der Waals surface area contributed by atoms with Crippen molar-refractivity contribution in [3.8, 4) is 5.75 Å². The van der Waals surface area contributed by atoms with Crippen LogP contribution in [0, 0.1) is 17.8 Å². The largest absolute Gasteiger partial charge is 0.508 e. The van der Waals surface area contributed by atoms with Gasteiger partial charge >= 0.3 is 17.9 Å². The Hall–Kier alpha value is -3.53. The van der Waals surface area contributed by atoms with Gasteiger partial charge in [-0.25, -0.2) is 4.79 Å². The second-order valence-electron chi connectivity index (χ2n) is 12.2. The number of aromatic hydroxyl groups is 1. The number of hydrogen-bond donors (Lipinski definition) is 5. The Morgan fingerprint density at radius 3 is 2.43 bits per heavy atom. The number of fused-ring (bicyclic) bond motifs is 1. The first kappa shape index (κ1) is 35.3. The zero-order chi connectivity index (χ0) is 33.6. The van der Waals surface area contributed by atoms with Crippen LogP contribution < -0.4 is 0 Å². The molecule has 1 aromatic carbocycles. The smallest absolute Gasteiger partial charge is 0.330 e. The molecule has 1 saturated carbocycles. The molecular weight excluding hydrogens is 608 g/mol. The van der Waals surface area contributed by atoms with E-state index in [-0.39, 0.29) is 37.7 Å². The first-order chi connectivity index (χ1) is 21.8. The highest BCUT2D eigenvalue weighted by atomic mass is 16.7. The molecule has 0 bridgehead atoms. The van der Waals surface area contributed by atoms with Gasteiger partial charge in [0.1, 0.15) is 49.0 Å². The van der Waals surface area contributed by atoms with Gasteiger partial charge in [-0.15, -0.1) is 0 Å². The number of phenolic OH excluding ortho intramolecular Hbond substituents is 1. The van der Waals surface area contributed by atoms with Crippen LogP contribution in [0.4, 0.5) is 0 Å². The number of rotatable bonds is 12. The summed E-state index contributed by atoms with van der Waals surface area (Å²) in [6.07, 6.45) is -4.09. The molecule has 1 aromatic rings. The molecule has 5 N–H and O–H groups in total. The number of esters is 3. The van der Waals surface area contributed by atoms with Crippen molar-refractivity contribution in [3.63, 3.8) is 0 Å². The minimum Gasteiger partial charge on any atom is -0.508 e. The summed E-state index contributed by atoms with van der Waals surface area (Å²) < 4.78 is 33.1. The number of aliphatic hydroxyl groups excluding tert-OH is 3. The van der Waals surface area contributed by atoms with E-state index in [2.05, 4.69) is 0 Å². The Balaban J connectivity index is 1.40. The van der Waals surface area contributed by atoms with E-state index in [1.54, 1.807) is 12.1 Å². The monoisotopic (exact) mass is 650 g/mol. The van der Waals surface area contributed by atoms with Crippen LogP contribution in [-0.4, -0.2) is 106 Å². The van der Waals surface area contributed by atoms with Crippen LogP contribution in [0.1, 0.15) is 45.6 Å². The number of hydrogen-bond acceptors (Lipinski definition) is 14. The van der Waals surface area contributed by atoms with Crippen molar-refractivity contribution >= 4 is 24.0 Å². The fraction of sp³-hybridized carbons (Fsp3) is 0.594. The van der Waals surface area contributed by atoms with Crippen molar-refractivity contribution in [1.29, 1.82) is 0 Å². The minimum absolute atomic E-state index is 0.0278. The minimum atomic E-state index is -1.69. The Bertz CT molecular complexity index is 1280. The second kappa shape index (κ2) is 15.4. The molecule has 1 aliphatic carbocycles. The predicted octanol–water partition coefficient (Wildman–Crippen LogP) is 0.923. The summed E-state index contributed by atoms with van der Waals surface area (Å²) in [5, 5.41) is 52.4. The summed E-state index contributed by atoms with van der Waals surface area (Å²) >= 11 is 0. The molecule has 0 spiro atoms. The molecule has 0 aromatic heterocycles. The van der Waals surface area contributed by atoms with E-state index in [9.17, 15) is 39.9 Å². The van der Waals surface area contributed by atoms with Gasteiger partial charge in [-0.05, 0) is 54.0 Å². The number of carbonyl (C=O) groups excluding carboxylic acids is 3. The predicted molar refractivity (Wildman–Crippen MR) is 157 cm³/mol. The van der Waals surface area contributed by atoms with Gasteiger partial charge in [0.25, 0.3) is 0 Å². The molecule has 2 aliphatic heterocycles. The molecule has 3 aliphatic rings. The molecule has 254 valence electrons. The molecule has 2 fully saturated rings. The van der Waals surface area contributed by atoms with Gasteiger partial charge in [0.15, 0.2) is 6.29 Å². The molecule has 2 heterocycles. The Labute approximate surface area is 266 Å². The number of aliphatic hydroxyl groups is 4. The van der Waals surface area contributed by atoms with Gasteiger partial charge in [0.05, 0.1) is 18.8 Å². The highest BCUT2D eigenvalue weighted by molar-refractivity contribution is 5.87. The molecule has 46 heavy (non-hydrogen) atoms. The quantitative estimate of drug-likeness (QED) is 0.121. The third-order valence-electron chi connectivity index (χ3n) is 8.19. The van der Waals surface area contributed by atoms with Crippen molar-refractivity contribution < 1.29 is 68.3 Å². The summed E-state index contributed by atoms with van der Waals surface area (Å²) in [4.78, 5) is 36.2. The lowest BCUT2D eigenvalue weighted by molar-refractivity contribution is -0.300. The molecule has 0 amide bonds. The molecule has 0 unspecified atom stereocenters. The zero-order valence-electron chi connectivity index (χ0n) is 25.9. The van der Waals surface area contributed by atoms with Crippen LogP contribution in [-0.2, 0) is 42.8 Å². The average Bonchev–Trinajstić information content (AvgIpc) is 3.36. The summed E-state index contributed by atoms with van der Waals surface area (Å²) in [5.41, 5.74) is -0.407. The van der Waals surface area contributed by atoms with Gasteiger partial charge in [-0.1, -0.05) is 26.0 Å². The van der Waals surface area contributed by atoms with E-state index in [0.717, 1.165) is 6.08 Å². The van der Waals surface area contributed by atoms with Gasteiger partial charge in [0.2, 0.25) is 6.29 Å². The van der Waals surface area contributed by atoms with Crippen LogP contribution in [0.5, 0.6) is 5.75 Å².